The summed E-state index contributed by atoms with van der Waals surface area (Å²) in [7, 11) is -1.75. The molecular formula is C15H24ClN3O2S. The second-order valence-corrected chi connectivity index (χ2v) is 8.28. The van der Waals surface area contributed by atoms with Gasteiger partial charge in [-0.3, -0.25) is 0 Å². The second-order valence-electron chi connectivity index (χ2n) is 6.24. The molecule has 124 valence electrons. The van der Waals surface area contributed by atoms with E-state index in [1.807, 2.05) is 30.3 Å². The maximum atomic E-state index is 12.7. The van der Waals surface area contributed by atoms with Crippen molar-refractivity contribution >= 4 is 22.6 Å². The van der Waals surface area contributed by atoms with Crippen LogP contribution in [0.2, 0.25) is 0 Å². The first-order chi connectivity index (χ1) is 9.98. The molecule has 1 aromatic rings. The molecule has 7 heteroatoms. The van der Waals surface area contributed by atoms with Crippen LogP contribution in [0.1, 0.15) is 18.4 Å². The van der Waals surface area contributed by atoms with Crippen LogP contribution in [0.5, 0.6) is 0 Å². The fraction of sp³-hybridized carbons (Fsp3) is 0.600. The van der Waals surface area contributed by atoms with Crippen LogP contribution in [0.3, 0.4) is 0 Å². The van der Waals surface area contributed by atoms with Crippen LogP contribution in [0, 0.1) is 11.8 Å². The molecule has 2 aliphatic rings. The zero-order valence-electron chi connectivity index (χ0n) is 12.8. The van der Waals surface area contributed by atoms with Crippen LogP contribution < -0.4 is 5.73 Å². The Bertz CT molecular complexity index is 582. The van der Waals surface area contributed by atoms with Gasteiger partial charge in [-0.25, -0.2) is 0 Å². The maximum Gasteiger partial charge on any atom is 0.282 e. The van der Waals surface area contributed by atoms with Crippen molar-refractivity contribution in [3.8, 4) is 0 Å². The highest BCUT2D eigenvalue weighted by Gasteiger charge is 2.44. The van der Waals surface area contributed by atoms with Crippen molar-refractivity contribution in [2.75, 3.05) is 20.1 Å². The molecule has 1 saturated carbocycles. The van der Waals surface area contributed by atoms with Crippen LogP contribution in [0.25, 0.3) is 0 Å². The first-order valence-corrected chi connectivity index (χ1v) is 8.89. The normalized spacial score (nSPS) is 28.6. The van der Waals surface area contributed by atoms with Gasteiger partial charge in [0.05, 0.1) is 0 Å². The lowest BCUT2D eigenvalue weighted by Crippen LogP contribution is -2.53. The summed E-state index contributed by atoms with van der Waals surface area (Å²) in [6.45, 7) is 1.54. The van der Waals surface area contributed by atoms with Gasteiger partial charge in [-0.15, -0.1) is 12.4 Å². The molecule has 0 aromatic heterocycles. The average molecular weight is 346 g/mol. The lowest BCUT2D eigenvalue weighted by atomic mass is 9.95. The van der Waals surface area contributed by atoms with Crippen LogP contribution >= 0.6 is 12.4 Å². The fourth-order valence-corrected chi connectivity index (χ4v) is 5.00. The number of rotatable bonds is 4. The van der Waals surface area contributed by atoms with Crippen molar-refractivity contribution in [1.29, 1.82) is 0 Å². The van der Waals surface area contributed by atoms with E-state index >= 15 is 0 Å². The van der Waals surface area contributed by atoms with Crippen molar-refractivity contribution < 1.29 is 8.42 Å². The summed E-state index contributed by atoms with van der Waals surface area (Å²) in [5, 5.41) is 0. The Labute approximate surface area is 139 Å². The van der Waals surface area contributed by atoms with Crippen LogP contribution in [0.4, 0.5) is 0 Å². The topological polar surface area (TPSA) is 66.6 Å². The highest BCUT2D eigenvalue weighted by Crippen LogP contribution is 2.37. The van der Waals surface area contributed by atoms with E-state index in [1.165, 1.54) is 4.31 Å². The molecule has 0 amide bonds. The zero-order valence-corrected chi connectivity index (χ0v) is 14.4. The van der Waals surface area contributed by atoms with E-state index in [-0.39, 0.29) is 18.4 Å². The SMILES string of the molecule is CN(Cc1ccccc1)S(=O)(=O)N1C[C@H]2CC[C@@H](C1)C2N.Cl. The molecule has 1 heterocycles. The second kappa shape index (κ2) is 6.84. The summed E-state index contributed by atoms with van der Waals surface area (Å²) in [6, 6.07) is 9.85. The third-order valence-corrected chi connectivity index (χ3v) is 6.71. The lowest BCUT2D eigenvalue weighted by Gasteiger charge is -2.37. The van der Waals surface area contributed by atoms with Crippen LogP contribution in [0.15, 0.2) is 30.3 Å². The molecule has 0 spiro atoms. The van der Waals surface area contributed by atoms with Gasteiger partial charge in [0.1, 0.15) is 0 Å². The van der Waals surface area contributed by atoms with Crippen molar-refractivity contribution in [2.45, 2.75) is 25.4 Å². The van der Waals surface area contributed by atoms with E-state index < -0.39 is 10.2 Å². The lowest BCUT2D eigenvalue weighted by molar-refractivity contribution is 0.217. The van der Waals surface area contributed by atoms with E-state index in [9.17, 15) is 8.42 Å². The number of piperidine rings is 1. The van der Waals surface area contributed by atoms with Gasteiger partial charge in [-0.2, -0.15) is 17.0 Å². The van der Waals surface area contributed by atoms with Gasteiger partial charge in [0, 0.05) is 32.7 Å². The van der Waals surface area contributed by atoms with Gasteiger partial charge in [-0.1, -0.05) is 30.3 Å². The standard InChI is InChI=1S/C15H23N3O2S.ClH/c1-17(9-12-5-3-2-4-6-12)21(19,20)18-10-13-7-8-14(11-18)15(13)16;/h2-6,13-15H,7-11,16H2,1H3;1H/t13-,14+,15?;. The molecule has 3 atom stereocenters. The molecule has 2 N–H and O–H groups in total. The fourth-order valence-electron chi connectivity index (χ4n) is 3.53. The number of hydrogen-bond donors (Lipinski definition) is 1. The minimum absolute atomic E-state index is 0. The van der Waals surface area contributed by atoms with Gasteiger partial charge < -0.3 is 5.73 Å². The summed E-state index contributed by atoms with van der Waals surface area (Å²) < 4.78 is 28.5. The number of benzene rings is 1. The van der Waals surface area contributed by atoms with Gasteiger partial charge in [-0.05, 0) is 30.2 Å². The maximum absolute atomic E-state index is 12.7. The first-order valence-electron chi connectivity index (χ1n) is 7.49. The Balaban J connectivity index is 0.00000176. The quantitative estimate of drug-likeness (QED) is 0.898. The Morgan fingerprint density at radius 2 is 1.73 bits per heavy atom. The van der Waals surface area contributed by atoms with Gasteiger partial charge in [0.2, 0.25) is 0 Å². The minimum atomic E-state index is -3.40. The largest absolute Gasteiger partial charge is 0.327 e. The summed E-state index contributed by atoms with van der Waals surface area (Å²) >= 11 is 0. The molecule has 0 radical (unpaired) electrons. The molecule has 2 bridgehead atoms. The predicted octanol–water partition coefficient (Wildman–Crippen LogP) is 1.45. The minimum Gasteiger partial charge on any atom is -0.327 e. The molecule has 1 aromatic carbocycles. The van der Waals surface area contributed by atoms with Gasteiger partial charge in [0.15, 0.2) is 0 Å². The van der Waals surface area contributed by atoms with Gasteiger partial charge >= 0.3 is 0 Å². The zero-order chi connectivity index (χ0) is 15.0. The third kappa shape index (κ3) is 3.31. The van der Waals surface area contributed by atoms with Gasteiger partial charge in [0.25, 0.3) is 10.2 Å². The number of nitrogens with two attached hydrogens (primary N) is 1. The Morgan fingerprint density at radius 3 is 2.27 bits per heavy atom. The number of hydrogen-bond acceptors (Lipinski definition) is 3. The Kier molecular flexibility index (Phi) is 5.50. The third-order valence-electron chi connectivity index (χ3n) is 4.84. The number of halogens is 1. The number of nitrogens with zero attached hydrogens (tertiary/aromatic N) is 2. The Morgan fingerprint density at radius 1 is 1.18 bits per heavy atom. The molecular weight excluding hydrogens is 322 g/mol. The summed E-state index contributed by atoms with van der Waals surface area (Å²) in [6.07, 6.45) is 2.11. The van der Waals surface area contributed by atoms with Crippen LogP contribution in [-0.4, -0.2) is 43.2 Å². The highest BCUT2D eigenvalue weighted by atomic mass is 35.5. The van der Waals surface area contributed by atoms with Crippen molar-refractivity contribution in [3.63, 3.8) is 0 Å². The average Bonchev–Trinajstić information content (AvgIpc) is 2.69. The summed E-state index contributed by atoms with van der Waals surface area (Å²) in [4.78, 5) is 0. The van der Waals surface area contributed by atoms with Crippen molar-refractivity contribution in [1.82, 2.24) is 8.61 Å². The van der Waals surface area contributed by atoms with Crippen LogP contribution in [-0.2, 0) is 16.8 Å². The molecule has 3 rings (SSSR count). The number of fused-ring (bicyclic) bond motifs is 2. The van der Waals surface area contributed by atoms with E-state index in [0.717, 1.165) is 18.4 Å². The molecule has 1 aliphatic heterocycles. The van der Waals surface area contributed by atoms with E-state index in [0.29, 0.717) is 31.5 Å². The molecule has 2 fully saturated rings. The summed E-state index contributed by atoms with van der Waals surface area (Å²) in [5.41, 5.74) is 7.15. The van der Waals surface area contributed by atoms with Crippen molar-refractivity contribution in [2.24, 2.45) is 17.6 Å². The van der Waals surface area contributed by atoms with E-state index in [4.69, 9.17) is 5.73 Å². The smallest absolute Gasteiger partial charge is 0.282 e. The molecule has 1 aliphatic carbocycles. The Hall–Kier alpha value is -0.660. The molecule has 1 saturated heterocycles. The molecule has 1 unspecified atom stereocenters. The molecule has 5 nitrogen and oxygen atoms in total. The summed E-state index contributed by atoms with van der Waals surface area (Å²) in [5.74, 6) is 0.646. The highest BCUT2D eigenvalue weighted by molar-refractivity contribution is 7.86. The monoisotopic (exact) mass is 345 g/mol. The van der Waals surface area contributed by atoms with E-state index in [1.54, 1.807) is 11.4 Å². The van der Waals surface area contributed by atoms with Crippen molar-refractivity contribution in [3.05, 3.63) is 35.9 Å². The first kappa shape index (κ1) is 17.7. The molecule has 22 heavy (non-hydrogen) atoms. The predicted molar refractivity (Wildman–Crippen MR) is 89.8 cm³/mol. The van der Waals surface area contributed by atoms with E-state index in [2.05, 4.69) is 0 Å².